The number of benzene rings is 3. The Balaban J connectivity index is 1.68. The van der Waals surface area contributed by atoms with Crippen molar-refractivity contribution in [1.29, 1.82) is 0 Å². The van der Waals surface area contributed by atoms with Gasteiger partial charge in [-0.2, -0.15) is 0 Å². The summed E-state index contributed by atoms with van der Waals surface area (Å²) < 4.78 is 0. The van der Waals surface area contributed by atoms with E-state index in [0.29, 0.717) is 18.5 Å². The Morgan fingerprint density at radius 1 is 0.972 bits per heavy atom. The molecule has 1 aromatic heterocycles. The van der Waals surface area contributed by atoms with E-state index in [9.17, 15) is 14.9 Å². The number of carbonyl (C=O) groups excluding carboxylic acids is 1. The maximum atomic E-state index is 13.7. The average Bonchev–Trinajstić information content (AvgIpc) is 2.89. The Kier molecular flexibility index (Phi) is 8.13. The van der Waals surface area contributed by atoms with Crippen LogP contribution in [0.15, 0.2) is 101 Å². The molecular weight excluding hydrogens is 470 g/mol. The van der Waals surface area contributed by atoms with Gasteiger partial charge in [-0.15, -0.1) is 0 Å². The van der Waals surface area contributed by atoms with Crippen molar-refractivity contribution in [3.63, 3.8) is 0 Å². The SMILES string of the molecule is Cc1ccc(Sc2ccc([N+](=O)[O-])cc2CN(CCc2ccccn2)C(=O)c2ccccc2C)cc1. The number of nitro benzene ring substituents is 1. The Hall–Kier alpha value is -3.97. The number of rotatable bonds is 9. The minimum Gasteiger partial charge on any atom is -0.334 e. The van der Waals surface area contributed by atoms with Gasteiger partial charge in [-0.25, -0.2) is 0 Å². The lowest BCUT2D eigenvalue weighted by molar-refractivity contribution is -0.385. The summed E-state index contributed by atoms with van der Waals surface area (Å²) in [5.74, 6) is -0.109. The highest BCUT2D eigenvalue weighted by Gasteiger charge is 2.21. The van der Waals surface area contributed by atoms with E-state index in [1.165, 1.54) is 17.8 Å². The van der Waals surface area contributed by atoms with Gasteiger partial charge in [0.05, 0.1) is 4.92 Å². The number of aryl methyl sites for hydroxylation is 2. The second-order valence-corrected chi connectivity index (χ2v) is 9.69. The van der Waals surface area contributed by atoms with Crippen molar-refractivity contribution < 1.29 is 9.72 Å². The molecule has 0 fully saturated rings. The van der Waals surface area contributed by atoms with Crippen LogP contribution < -0.4 is 0 Å². The molecule has 1 amide bonds. The van der Waals surface area contributed by atoms with Gasteiger partial charge in [0.1, 0.15) is 0 Å². The number of nitro groups is 1. The fraction of sp³-hybridized carbons (Fsp3) is 0.172. The molecule has 0 bridgehead atoms. The highest BCUT2D eigenvalue weighted by Crippen LogP contribution is 2.34. The number of hydrogen-bond acceptors (Lipinski definition) is 5. The smallest absolute Gasteiger partial charge is 0.269 e. The second-order valence-electron chi connectivity index (χ2n) is 8.58. The van der Waals surface area contributed by atoms with Crippen LogP contribution in [-0.4, -0.2) is 27.3 Å². The zero-order chi connectivity index (χ0) is 25.5. The van der Waals surface area contributed by atoms with Crippen molar-refractivity contribution in [3.8, 4) is 0 Å². The molecule has 0 aliphatic rings. The van der Waals surface area contributed by atoms with E-state index in [1.54, 1.807) is 23.2 Å². The molecule has 4 aromatic rings. The van der Waals surface area contributed by atoms with E-state index in [0.717, 1.165) is 32.2 Å². The van der Waals surface area contributed by atoms with Gasteiger partial charge in [-0.3, -0.25) is 19.9 Å². The standard InChI is InChI=1S/C29H27N3O3S/c1-21-10-13-26(14-11-21)36-28-15-12-25(32(34)35)19-23(28)20-31(18-16-24-8-5-6-17-30-24)29(33)27-9-4-3-7-22(27)2/h3-15,17,19H,16,18,20H2,1-2H3. The van der Waals surface area contributed by atoms with E-state index >= 15 is 0 Å². The first-order chi connectivity index (χ1) is 17.4. The molecule has 0 radical (unpaired) electrons. The van der Waals surface area contributed by atoms with Crippen molar-refractivity contribution in [1.82, 2.24) is 9.88 Å². The largest absolute Gasteiger partial charge is 0.334 e. The molecule has 1 heterocycles. The Morgan fingerprint density at radius 2 is 1.72 bits per heavy atom. The van der Waals surface area contributed by atoms with Gasteiger partial charge in [0.25, 0.3) is 11.6 Å². The molecule has 0 spiro atoms. The van der Waals surface area contributed by atoms with Crippen LogP contribution in [0.25, 0.3) is 0 Å². The molecule has 36 heavy (non-hydrogen) atoms. The molecule has 0 aliphatic carbocycles. The summed E-state index contributed by atoms with van der Waals surface area (Å²) in [4.78, 5) is 32.9. The molecular formula is C29H27N3O3S. The quantitative estimate of drug-likeness (QED) is 0.191. The number of carbonyl (C=O) groups is 1. The lowest BCUT2D eigenvalue weighted by Gasteiger charge is -2.25. The Bertz CT molecular complexity index is 1360. The molecule has 3 aromatic carbocycles. The molecule has 6 nitrogen and oxygen atoms in total. The predicted octanol–water partition coefficient (Wildman–Crippen LogP) is 6.64. The first kappa shape index (κ1) is 25.1. The third-order valence-corrected chi connectivity index (χ3v) is 7.02. The number of hydrogen-bond donors (Lipinski definition) is 0. The molecule has 0 atom stereocenters. The van der Waals surface area contributed by atoms with Crippen LogP contribution >= 0.6 is 11.8 Å². The van der Waals surface area contributed by atoms with Crippen molar-refractivity contribution >= 4 is 23.4 Å². The van der Waals surface area contributed by atoms with E-state index < -0.39 is 4.92 Å². The highest BCUT2D eigenvalue weighted by molar-refractivity contribution is 7.99. The van der Waals surface area contributed by atoms with Crippen LogP contribution in [0.1, 0.15) is 32.7 Å². The molecule has 0 aliphatic heterocycles. The summed E-state index contributed by atoms with van der Waals surface area (Å²) in [7, 11) is 0. The van der Waals surface area contributed by atoms with Crippen molar-refractivity contribution in [3.05, 3.63) is 129 Å². The molecule has 0 N–H and O–H groups in total. The number of aromatic nitrogens is 1. The lowest BCUT2D eigenvalue weighted by Crippen LogP contribution is -2.33. The molecule has 0 saturated carbocycles. The maximum absolute atomic E-state index is 13.7. The van der Waals surface area contributed by atoms with Crippen LogP contribution in [0.3, 0.4) is 0 Å². The minimum absolute atomic E-state index is 0.00581. The summed E-state index contributed by atoms with van der Waals surface area (Å²) in [6, 6.07) is 26.2. The Labute approximate surface area is 215 Å². The van der Waals surface area contributed by atoms with E-state index in [1.807, 2.05) is 80.6 Å². The van der Waals surface area contributed by atoms with Crippen molar-refractivity contribution in [2.24, 2.45) is 0 Å². The monoisotopic (exact) mass is 497 g/mol. The third kappa shape index (κ3) is 6.37. The van der Waals surface area contributed by atoms with Crippen molar-refractivity contribution in [2.75, 3.05) is 6.54 Å². The van der Waals surface area contributed by atoms with E-state index in [-0.39, 0.29) is 18.1 Å². The fourth-order valence-corrected chi connectivity index (χ4v) is 4.79. The molecule has 0 saturated heterocycles. The Morgan fingerprint density at radius 3 is 2.42 bits per heavy atom. The number of pyridine rings is 1. The van der Waals surface area contributed by atoms with Crippen LogP contribution in [0, 0.1) is 24.0 Å². The summed E-state index contributed by atoms with van der Waals surface area (Å²) in [5, 5.41) is 11.6. The number of non-ortho nitro benzene ring substituents is 1. The molecule has 182 valence electrons. The maximum Gasteiger partial charge on any atom is 0.269 e. The fourth-order valence-electron chi connectivity index (χ4n) is 3.87. The first-order valence-corrected chi connectivity index (χ1v) is 12.5. The van der Waals surface area contributed by atoms with Gasteiger partial charge in [0.15, 0.2) is 0 Å². The zero-order valence-electron chi connectivity index (χ0n) is 20.3. The lowest BCUT2D eigenvalue weighted by atomic mass is 10.1. The summed E-state index contributed by atoms with van der Waals surface area (Å²) in [5.41, 5.74) is 4.29. The average molecular weight is 498 g/mol. The van der Waals surface area contributed by atoms with Crippen LogP contribution in [-0.2, 0) is 13.0 Å². The molecule has 7 heteroatoms. The number of amides is 1. The topological polar surface area (TPSA) is 76.3 Å². The minimum atomic E-state index is -0.398. The number of nitrogens with zero attached hydrogens (tertiary/aromatic N) is 3. The van der Waals surface area contributed by atoms with Crippen LogP contribution in [0.2, 0.25) is 0 Å². The normalized spacial score (nSPS) is 10.7. The first-order valence-electron chi connectivity index (χ1n) is 11.7. The second kappa shape index (κ2) is 11.6. The molecule has 4 rings (SSSR count). The predicted molar refractivity (Wildman–Crippen MR) is 142 cm³/mol. The third-order valence-electron chi connectivity index (χ3n) is 5.89. The van der Waals surface area contributed by atoms with Gasteiger partial charge in [0, 0.05) is 58.9 Å². The van der Waals surface area contributed by atoms with Crippen molar-refractivity contribution in [2.45, 2.75) is 36.6 Å². The van der Waals surface area contributed by atoms with Crippen LogP contribution in [0.5, 0.6) is 0 Å². The van der Waals surface area contributed by atoms with E-state index in [4.69, 9.17) is 0 Å². The summed E-state index contributed by atoms with van der Waals surface area (Å²) in [6.45, 7) is 4.62. The molecule has 0 unspecified atom stereocenters. The van der Waals surface area contributed by atoms with Gasteiger partial charge >= 0.3 is 0 Å². The highest BCUT2D eigenvalue weighted by atomic mass is 32.2. The van der Waals surface area contributed by atoms with Gasteiger partial charge in [-0.1, -0.05) is 53.7 Å². The summed E-state index contributed by atoms with van der Waals surface area (Å²) >= 11 is 1.54. The van der Waals surface area contributed by atoms with Gasteiger partial charge < -0.3 is 4.90 Å². The van der Waals surface area contributed by atoms with Gasteiger partial charge in [0.2, 0.25) is 0 Å². The summed E-state index contributed by atoms with van der Waals surface area (Å²) in [6.07, 6.45) is 2.31. The van der Waals surface area contributed by atoms with Crippen LogP contribution in [0.4, 0.5) is 5.69 Å². The zero-order valence-corrected chi connectivity index (χ0v) is 21.1. The van der Waals surface area contributed by atoms with E-state index in [2.05, 4.69) is 4.98 Å². The van der Waals surface area contributed by atoms with Gasteiger partial charge in [-0.05, 0) is 61.4 Å².